The SMILES string of the molecule is CS(C)(C)CCOC(=O)C1C2CCC1C(O)(c1ccc(OCc3ccccc3)cc1)C2. The Morgan fingerprint density at radius 3 is 2.45 bits per heavy atom. The Kier molecular flexibility index (Phi) is 6.36. The Morgan fingerprint density at radius 2 is 1.77 bits per heavy atom. The van der Waals surface area contributed by atoms with Crippen molar-refractivity contribution in [2.45, 2.75) is 31.5 Å². The van der Waals surface area contributed by atoms with Gasteiger partial charge in [-0.2, -0.15) is 0 Å². The molecule has 0 spiro atoms. The highest BCUT2D eigenvalue weighted by Crippen LogP contribution is 2.59. The van der Waals surface area contributed by atoms with Gasteiger partial charge in [-0.1, -0.05) is 42.5 Å². The van der Waals surface area contributed by atoms with E-state index < -0.39 is 15.6 Å². The summed E-state index contributed by atoms with van der Waals surface area (Å²) in [7, 11) is -0.686. The molecular formula is C26H34O4S. The monoisotopic (exact) mass is 442 g/mol. The summed E-state index contributed by atoms with van der Waals surface area (Å²) in [5.74, 6) is 1.54. The molecular weight excluding hydrogens is 408 g/mol. The summed E-state index contributed by atoms with van der Waals surface area (Å²) in [5.41, 5.74) is 1.04. The minimum absolute atomic E-state index is 0.0666. The van der Waals surface area contributed by atoms with Crippen LogP contribution < -0.4 is 4.74 Å². The van der Waals surface area contributed by atoms with Gasteiger partial charge in [0.15, 0.2) is 0 Å². The average molecular weight is 443 g/mol. The van der Waals surface area contributed by atoms with Crippen LogP contribution in [0.25, 0.3) is 0 Å². The molecule has 0 heterocycles. The van der Waals surface area contributed by atoms with Crippen LogP contribution in [-0.4, -0.2) is 42.2 Å². The lowest BCUT2D eigenvalue weighted by Crippen LogP contribution is -2.35. The maximum Gasteiger partial charge on any atom is 0.309 e. The van der Waals surface area contributed by atoms with E-state index in [-0.39, 0.29) is 23.7 Å². The summed E-state index contributed by atoms with van der Waals surface area (Å²) in [6.07, 6.45) is 9.18. The van der Waals surface area contributed by atoms with E-state index in [4.69, 9.17) is 9.47 Å². The summed E-state index contributed by atoms with van der Waals surface area (Å²) in [6.45, 7) is 0.999. The third-order valence-corrected chi connectivity index (χ3v) is 8.18. The maximum atomic E-state index is 12.8. The Morgan fingerprint density at radius 1 is 1.06 bits per heavy atom. The van der Waals surface area contributed by atoms with Crippen molar-refractivity contribution >= 4 is 16.0 Å². The second-order valence-electron chi connectivity index (χ2n) is 9.86. The quantitative estimate of drug-likeness (QED) is 0.600. The van der Waals surface area contributed by atoms with E-state index in [9.17, 15) is 9.90 Å². The second kappa shape index (κ2) is 8.87. The number of hydrogen-bond donors (Lipinski definition) is 1. The molecule has 4 rings (SSSR count). The van der Waals surface area contributed by atoms with Gasteiger partial charge in [-0.05, 0) is 67.2 Å². The molecule has 2 aromatic carbocycles. The Hall–Kier alpha value is -1.98. The van der Waals surface area contributed by atoms with E-state index in [1.54, 1.807) is 0 Å². The van der Waals surface area contributed by atoms with Crippen LogP contribution in [0.4, 0.5) is 0 Å². The van der Waals surface area contributed by atoms with Gasteiger partial charge in [0, 0.05) is 11.7 Å². The third-order valence-electron chi connectivity index (χ3n) is 6.79. The molecule has 31 heavy (non-hydrogen) atoms. The zero-order valence-corrected chi connectivity index (χ0v) is 19.6. The highest BCUT2D eigenvalue weighted by Gasteiger charge is 2.60. The van der Waals surface area contributed by atoms with Crippen molar-refractivity contribution in [3.63, 3.8) is 0 Å². The minimum Gasteiger partial charge on any atom is -0.489 e. The van der Waals surface area contributed by atoms with Crippen LogP contribution in [0, 0.1) is 17.8 Å². The van der Waals surface area contributed by atoms with Gasteiger partial charge in [-0.15, -0.1) is 0 Å². The fraction of sp³-hybridized carbons (Fsp3) is 0.500. The number of benzene rings is 2. The molecule has 2 aliphatic carbocycles. The van der Waals surface area contributed by atoms with Gasteiger partial charge in [0.1, 0.15) is 12.4 Å². The van der Waals surface area contributed by atoms with Crippen LogP contribution in [0.15, 0.2) is 54.6 Å². The van der Waals surface area contributed by atoms with E-state index in [0.29, 0.717) is 19.6 Å². The fourth-order valence-electron chi connectivity index (χ4n) is 5.16. The first-order valence-electron chi connectivity index (χ1n) is 11.1. The lowest BCUT2D eigenvalue weighted by atomic mass is 9.78. The standard InChI is InChI=1S/C26H34O4S/c1-31(2,3)16-15-29-25(27)24-20-9-14-23(24)26(28,17-20)21-10-12-22(13-11-21)30-18-19-7-5-4-6-8-19/h4-8,10-13,20,23-24,28H,9,14-18H2,1-3H3. The lowest BCUT2D eigenvalue weighted by molar-refractivity contribution is -0.151. The largest absolute Gasteiger partial charge is 0.489 e. The van der Waals surface area contributed by atoms with Crippen molar-refractivity contribution in [1.29, 1.82) is 0 Å². The number of carbonyl (C=O) groups excluding carboxylic acids is 1. The van der Waals surface area contributed by atoms with Crippen molar-refractivity contribution in [3.8, 4) is 5.75 Å². The minimum atomic E-state index is -0.958. The fourth-order valence-corrected chi connectivity index (χ4v) is 5.74. The van der Waals surface area contributed by atoms with Crippen LogP contribution >= 0.6 is 10.0 Å². The summed E-state index contributed by atoms with van der Waals surface area (Å²) < 4.78 is 11.5. The van der Waals surface area contributed by atoms with E-state index in [1.807, 2.05) is 54.6 Å². The number of aliphatic hydroxyl groups is 1. The lowest BCUT2D eigenvalue weighted by Gasteiger charge is -2.33. The Balaban J connectivity index is 1.39. The van der Waals surface area contributed by atoms with Gasteiger partial charge in [0.2, 0.25) is 0 Å². The molecule has 1 N–H and O–H groups in total. The molecule has 2 fully saturated rings. The van der Waals surface area contributed by atoms with Crippen molar-refractivity contribution in [2.75, 3.05) is 31.1 Å². The molecule has 0 aliphatic heterocycles. The summed E-state index contributed by atoms with van der Waals surface area (Å²) in [5, 5.41) is 11.6. The zero-order valence-electron chi connectivity index (χ0n) is 18.8. The van der Waals surface area contributed by atoms with E-state index in [1.165, 1.54) is 0 Å². The molecule has 0 radical (unpaired) electrons. The molecule has 4 atom stereocenters. The molecule has 4 nitrogen and oxygen atoms in total. The van der Waals surface area contributed by atoms with Crippen LogP contribution in [0.1, 0.15) is 30.4 Å². The molecule has 0 aromatic heterocycles. The molecule has 2 aromatic rings. The van der Waals surface area contributed by atoms with Crippen LogP contribution in [0.5, 0.6) is 5.75 Å². The molecule has 2 aliphatic rings. The first-order chi connectivity index (χ1) is 14.8. The average Bonchev–Trinajstić information content (AvgIpc) is 3.28. The number of carbonyl (C=O) groups is 1. The van der Waals surface area contributed by atoms with Crippen LogP contribution in [0.2, 0.25) is 0 Å². The molecule has 5 heteroatoms. The molecule has 2 bridgehead atoms. The predicted octanol–water partition coefficient (Wildman–Crippen LogP) is 4.74. The van der Waals surface area contributed by atoms with Gasteiger partial charge in [0.05, 0.1) is 18.1 Å². The van der Waals surface area contributed by atoms with E-state index in [2.05, 4.69) is 18.8 Å². The number of rotatable bonds is 8. The molecule has 2 saturated carbocycles. The van der Waals surface area contributed by atoms with Gasteiger partial charge >= 0.3 is 5.97 Å². The van der Waals surface area contributed by atoms with Crippen molar-refractivity contribution in [2.24, 2.45) is 17.8 Å². The van der Waals surface area contributed by atoms with E-state index >= 15 is 0 Å². The molecule has 4 unspecified atom stereocenters. The predicted molar refractivity (Wildman–Crippen MR) is 127 cm³/mol. The number of fused-ring (bicyclic) bond motifs is 2. The van der Waals surface area contributed by atoms with Crippen molar-refractivity contribution in [1.82, 2.24) is 0 Å². The number of hydrogen-bond acceptors (Lipinski definition) is 4. The summed E-state index contributed by atoms with van der Waals surface area (Å²) in [6, 6.07) is 17.8. The second-order valence-corrected chi connectivity index (χ2v) is 14.4. The maximum absolute atomic E-state index is 12.8. The van der Waals surface area contributed by atoms with Crippen LogP contribution in [-0.2, 0) is 21.7 Å². The van der Waals surface area contributed by atoms with E-state index in [0.717, 1.165) is 35.5 Å². The number of esters is 1. The Bertz CT molecular complexity index is 890. The van der Waals surface area contributed by atoms with Crippen LogP contribution in [0.3, 0.4) is 0 Å². The molecule has 168 valence electrons. The van der Waals surface area contributed by atoms with Gasteiger partial charge < -0.3 is 14.6 Å². The third kappa shape index (κ3) is 4.93. The smallest absolute Gasteiger partial charge is 0.309 e. The van der Waals surface area contributed by atoms with Crippen molar-refractivity contribution in [3.05, 3.63) is 65.7 Å². The Labute approximate surface area is 187 Å². The number of ether oxygens (including phenoxy) is 2. The first-order valence-corrected chi connectivity index (χ1v) is 14.1. The van der Waals surface area contributed by atoms with Gasteiger partial charge in [-0.3, -0.25) is 4.79 Å². The van der Waals surface area contributed by atoms with Gasteiger partial charge in [-0.25, -0.2) is 10.0 Å². The summed E-state index contributed by atoms with van der Waals surface area (Å²) >= 11 is 0. The van der Waals surface area contributed by atoms with Gasteiger partial charge in [0.25, 0.3) is 0 Å². The normalized spacial score (nSPS) is 27.8. The first kappa shape index (κ1) is 22.2. The highest BCUT2D eigenvalue weighted by atomic mass is 32.3. The van der Waals surface area contributed by atoms with Crippen molar-refractivity contribution < 1.29 is 19.4 Å². The summed E-state index contributed by atoms with van der Waals surface area (Å²) in [4.78, 5) is 12.8. The topological polar surface area (TPSA) is 55.8 Å². The molecule has 0 amide bonds. The zero-order chi connectivity index (χ0) is 22.1. The molecule has 0 saturated heterocycles. The highest BCUT2D eigenvalue weighted by molar-refractivity contribution is 8.32.